The van der Waals surface area contributed by atoms with Crippen molar-refractivity contribution in [2.45, 2.75) is 38.6 Å². The first-order valence-electron chi connectivity index (χ1n) is 6.10. The van der Waals surface area contributed by atoms with Gasteiger partial charge in [-0.05, 0) is 30.4 Å². The SMILES string of the molecule is CC(C)C1CCCN1c1cc(CCl)c(Cl)cn1. The summed E-state index contributed by atoms with van der Waals surface area (Å²) in [4.78, 5) is 6.82. The zero-order valence-electron chi connectivity index (χ0n) is 10.3. The van der Waals surface area contributed by atoms with Crippen LogP contribution in [0.5, 0.6) is 0 Å². The number of nitrogens with zero attached hydrogens (tertiary/aromatic N) is 2. The second kappa shape index (κ2) is 5.45. The highest BCUT2D eigenvalue weighted by Gasteiger charge is 2.28. The highest BCUT2D eigenvalue weighted by molar-refractivity contribution is 6.32. The Morgan fingerprint density at radius 3 is 2.94 bits per heavy atom. The van der Waals surface area contributed by atoms with Crippen LogP contribution < -0.4 is 4.90 Å². The molecule has 2 nitrogen and oxygen atoms in total. The zero-order valence-corrected chi connectivity index (χ0v) is 11.8. The lowest BCUT2D eigenvalue weighted by atomic mass is 10.0. The van der Waals surface area contributed by atoms with E-state index in [-0.39, 0.29) is 0 Å². The van der Waals surface area contributed by atoms with Crippen molar-refractivity contribution in [3.8, 4) is 0 Å². The van der Waals surface area contributed by atoms with Gasteiger partial charge in [-0.1, -0.05) is 25.4 Å². The van der Waals surface area contributed by atoms with E-state index in [4.69, 9.17) is 23.2 Å². The van der Waals surface area contributed by atoms with Gasteiger partial charge in [-0.15, -0.1) is 11.6 Å². The standard InChI is InChI=1S/C13H18Cl2N2/c1-9(2)12-4-3-5-17(12)13-6-10(7-14)11(15)8-16-13/h6,8-9,12H,3-5,7H2,1-2H3. The molecular weight excluding hydrogens is 255 g/mol. The Bertz CT molecular complexity index is 393. The normalized spacial score (nSPS) is 20.3. The van der Waals surface area contributed by atoms with Gasteiger partial charge < -0.3 is 4.90 Å². The number of rotatable bonds is 3. The number of aromatic nitrogens is 1. The minimum Gasteiger partial charge on any atom is -0.353 e. The summed E-state index contributed by atoms with van der Waals surface area (Å²) in [5, 5.41) is 0.657. The van der Waals surface area contributed by atoms with E-state index in [0.29, 0.717) is 22.9 Å². The first kappa shape index (κ1) is 13.0. The van der Waals surface area contributed by atoms with E-state index in [0.717, 1.165) is 17.9 Å². The molecule has 0 aliphatic carbocycles. The molecule has 1 aromatic rings. The summed E-state index contributed by atoms with van der Waals surface area (Å²) >= 11 is 11.9. The Morgan fingerprint density at radius 1 is 1.53 bits per heavy atom. The fourth-order valence-corrected chi connectivity index (χ4v) is 2.96. The number of pyridine rings is 1. The van der Waals surface area contributed by atoms with Gasteiger partial charge in [-0.25, -0.2) is 4.98 Å². The zero-order chi connectivity index (χ0) is 12.4. The predicted octanol–water partition coefficient (Wildman–Crippen LogP) is 4.10. The quantitative estimate of drug-likeness (QED) is 0.771. The Labute approximate surface area is 113 Å². The molecule has 17 heavy (non-hydrogen) atoms. The molecule has 1 saturated heterocycles. The van der Waals surface area contributed by atoms with Crippen molar-refractivity contribution >= 4 is 29.0 Å². The fraction of sp³-hybridized carbons (Fsp3) is 0.615. The molecule has 2 rings (SSSR count). The number of hydrogen-bond acceptors (Lipinski definition) is 2. The number of hydrogen-bond donors (Lipinski definition) is 0. The fourth-order valence-electron chi connectivity index (χ4n) is 2.50. The van der Waals surface area contributed by atoms with Crippen molar-refractivity contribution in [3.63, 3.8) is 0 Å². The number of anilines is 1. The molecule has 1 aliphatic rings. The Balaban J connectivity index is 2.27. The monoisotopic (exact) mass is 272 g/mol. The average Bonchev–Trinajstić information content (AvgIpc) is 2.78. The van der Waals surface area contributed by atoms with Crippen LogP contribution in [0.25, 0.3) is 0 Å². The smallest absolute Gasteiger partial charge is 0.129 e. The molecule has 0 spiro atoms. The summed E-state index contributed by atoms with van der Waals surface area (Å²) in [6, 6.07) is 2.61. The average molecular weight is 273 g/mol. The van der Waals surface area contributed by atoms with E-state index in [1.54, 1.807) is 6.20 Å². The summed E-state index contributed by atoms with van der Waals surface area (Å²) in [5.74, 6) is 2.10. The van der Waals surface area contributed by atoms with Gasteiger partial charge in [0.15, 0.2) is 0 Å². The third-order valence-electron chi connectivity index (χ3n) is 3.43. The number of alkyl halides is 1. The van der Waals surface area contributed by atoms with Crippen LogP contribution in [-0.2, 0) is 5.88 Å². The Hall–Kier alpha value is -0.470. The molecule has 1 unspecified atom stereocenters. The molecule has 1 aliphatic heterocycles. The molecular formula is C13H18Cl2N2. The van der Waals surface area contributed by atoms with Crippen molar-refractivity contribution in [2.75, 3.05) is 11.4 Å². The molecule has 1 atom stereocenters. The van der Waals surface area contributed by atoms with Crippen LogP contribution in [0.4, 0.5) is 5.82 Å². The van der Waals surface area contributed by atoms with Gasteiger partial charge in [0.25, 0.3) is 0 Å². The van der Waals surface area contributed by atoms with E-state index < -0.39 is 0 Å². The van der Waals surface area contributed by atoms with E-state index in [9.17, 15) is 0 Å². The van der Waals surface area contributed by atoms with Gasteiger partial charge in [0.05, 0.1) is 5.02 Å². The van der Waals surface area contributed by atoms with Crippen molar-refractivity contribution in [2.24, 2.45) is 5.92 Å². The third-order valence-corrected chi connectivity index (χ3v) is 4.06. The molecule has 0 aromatic carbocycles. The van der Waals surface area contributed by atoms with Gasteiger partial charge in [0.1, 0.15) is 5.82 Å². The van der Waals surface area contributed by atoms with Gasteiger partial charge in [0.2, 0.25) is 0 Å². The minimum atomic E-state index is 0.439. The van der Waals surface area contributed by atoms with Gasteiger partial charge in [-0.3, -0.25) is 0 Å². The Kier molecular flexibility index (Phi) is 4.16. The second-order valence-electron chi connectivity index (χ2n) is 4.91. The summed E-state index contributed by atoms with van der Waals surface area (Å²) < 4.78 is 0. The lowest BCUT2D eigenvalue weighted by Gasteiger charge is -2.29. The van der Waals surface area contributed by atoms with Gasteiger partial charge in [0, 0.05) is 24.7 Å². The largest absolute Gasteiger partial charge is 0.353 e. The molecule has 0 radical (unpaired) electrons. The maximum Gasteiger partial charge on any atom is 0.129 e. The molecule has 0 saturated carbocycles. The third kappa shape index (κ3) is 2.69. The van der Waals surface area contributed by atoms with Crippen LogP contribution in [0.2, 0.25) is 5.02 Å². The van der Waals surface area contributed by atoms with E-state index in [1.165, 1.54) is 12.8 Å². The Morgan fingerprint density at radius 2 is 2.29 bits per heavy atom. The molecule has 94 valence electrons. The molecule has 1 aromatic heterocycles. The van der Waals surface area contributed by atoms with Crippen molar-refractivity contribution in [1.29, 1.82) is 0 Å². The van der Waals surface area contributed by atoms with Crippen LogP contribution >= 0.6 is 23.2 Å². The first-order chi connectivity index (χ1) is 8.13. The molecule has 0 N–H and O–H groups in total. The van der Waals surface area contributed by atoms with Crippen LogP contribution in [0, 0.1) is 5.92 Å². The predicted molar refractivity (Wildman–Crippen MR) is 74.0 cm³/mol. The van der Waals surface area contributed by atoms with Crippen LogP contribution in [0.15, 0.2) is 12.3 Å². The summed E-state index contributed by atoms with van der Waals surface area (Å²) in [6.07, 6.45) is 4.20. The molecule has 2 heterocycles. The van der Waals surface area contributed by atoms with Crippen molar-refractivity contribution < 1.29 is 0 Å². The van der Waals surface area contributed by atoms with Crippen LogP contribution in [-0.4, -0.2) is 17.6 Å². The second-order valence-corrected chi connectivity index (χ2v) is 5.59. The van der Waals surface area contributed by atoms with Crippen LogP contribution in [0.1, 0.15) is 32.3 Å². The molecule has 4 heteroatoms. The van der Waals surface area contributed by atoms with Gasteiger partial charge >= 0.3 is 0 Å². The summed E-state index contributed by atoms with van der Waals surface area (Å²) in [6.45, 7) is 5.61. The number of halogens is 2. The van der Waals surface area contributed by atoms with Crippen molar-refractivity contribution in [1.82, 2.24) is 4.98 Å². The minimum absolute atomic E-state index is 0.439. The molecule has 0 amide bonds. The molecule has 1 fully saturated rings. The topological polar surface area (TPSA) is 16.1 Å². The van der Waals surface area contributed by atoms with Gasteiger partial charge in [-0.2, -0.15) is 0 Å². The highest BCUT2D eigenvalue weighted by atomic mass is 35.5. The molecule has 0 bridgehead atoms. The summed E-state index contributed by atoms with van der Waals surface area (Å²) in [5.41, 5.74) is 0.965. The lowest BCUT2D eigenvalue weighted by molar-refractivity contribution is 0.489. The maximum atomic E-state index is 6.04. The van der Waals surface area contributed by atoms with Crippen LogP contribution in [0.3, 0.4) is 0 Å². The van der Waals surface area contributed by atoms with E-state index in [2.05, 4.69) is 23.7 Å². The summed E-state index contributed by atoms with van der Waals surface area (Å²) in [7, 11) is 0. The first-order valence-corrected chi connectivity index (χ1v) is 7.01. The van der Waals surface area contributed by atoms with E-state index in [1.807, 2.05) is 6.07 Å². The highest BCUT2D eigenvalue weighted by Crippen LogP contribution is 2.30. The van der Waals surface area contributed by atoms with E-state index >= 15 is 0 Å². The lowest BCUT2D eigenvalue weighted by Crippen LogP contribution is -2.33. The maximum absolute atomic E-state index is 6.04. The van der Waals surface area contributed by atoms with Crippen molar-refractivity contribution in [3.05, 3.63) is 22.8 Å².